The van der Waals surface area contributed by atoms with Crippen LogP contribution in [0.15, 0.2) is 23.7 Å². The van der Waals surface area contributed by atoms with E-state index in [1.165, 1.54) is 6.20 Å². The second-order valence-electron chi connectivity index (χ2n) is 3.98. The van der Waals surface area contributed by atoms with Crippen molar-refractivity contribution < 1.29 is 8.42 Å². The van der Waals surface area contributed by atoms with Crippen LogP contribution in [-0.4, -0.2) is 42.2 Å². The second-order valence-corrected chi connectivity index (χ2v) is 5.68. The molecule has 0 aromatic carbocycles. The minimum absolute atomic E-state index is 0.103. The number of aromatic amines is 2. The average Bonchev–Trinajstić information content (AvgIpc) is 3.00. The molecule has 104 valence electrons. The van der Waals surface area contributed by atoms with E-state index in [4.69, 9.17) is 0 Å². The molecule has 0 unspecified atom stereocenters. The summed E-state index contributed by atoms with van der Waals surface area (Å²) in [7, 11) is -1.82. The van der Waals surface area contributed by atoms with Gasteiger partial charge < -0.3 is 10.3 Å². The molecule has 19 heavy (non-hydrogen) atoms. The zero-order chi connectivity index (χ0) is 13.7. The number of H-pyrrole nitrogens is 2. The van der Waals surface area contributed by atoms with Gasteiger partial charge in [-0.2, -0.15) is 5.10 Å². The highest BCUT2D eigenvalue weighted by atomic mass is 32.2. The molecule has 0 saturated heterocycles. The second kappa shape index (κ2) is 5.95. The van der Waals surface area contributed by atoms with Crippen LogP contribution in [0, 0.1) is 0 Å². The lowest BCUT2D eigenvalue weighted by Gasteiger charge is -2.06. The molecule has 2 heterocycles. The lowest BCUT2D eigenvalue weighted by atomic mass is 10.3. The highest BCUT2D eigenvalue weighted by molar-refractivity contribution is 7.89. The van der Waals surface area contributed by atoms with Gasteiger partial charge in [0.1, 0.15) is 0 Å². The Bertz CT molecular complexity index is 604. The van der Waals surface area contributed by atoms with Gasteiger partial charge in [-0.15, -0.1) is 0 Å². The summed E-state index contributed by atoms with van der Waals surface area (Å²) in [6.45, 7) is 0.732. The fraction of sp³-hybridized carbons (Fsp3) is 0.400. The van der Waals surface area contributed by atoms with E-state index in [2.05, 4.69) is 30.2 Å². The van der Waals surface area contributed by atoms with E-state index in [0.29, 0.717) is 25.1 Å². The third-order valence-electron chi connectivity index (χ3n) is 2.56. The first kappa shape index (κ1) is 13.7. The molecular weight excluding hydrogens is 268 g/mol. The van der Waals surface area contributed by atoms with E-state index < -0.39 is 10.0 Å². The van der Waals surface area contributed by atoms with Crippen LogP contribution in [0.25, 0.3) is 0 Å². The highest BCUT2D eigenvalue weighted by Crippen LogP contribution is 2.11. The number of hydrogen-bond donors (Lipinski definition) is 4. The fourth-order valence-electron chi connectivity index (χ4n) is 1.66. The van der Waals surface area contributed by atoms with Gasteiger partial charge in [0.25, 0.3) is 10.0 Å². The maximum Gasteiger partial charge on any atom is 0.257 e. The molecule has 0 saturated carbocycles. The first-order chi connectivity index (χ1) is 9.13. The van der Waals surface area contributed by atoms with Gasteiger partial charge in [-0.3, -0.25) is 5.10 Å². The molecule has 0 fully saturated rings. The Hall–Kier alpha value is -1.71. The molecule has 2 aromatic rings. The van der Waals surface area contributed by atoms with Crippen molar-refractivity contribution in [1.82, 2.24) is 30.2 Å². The van der Waals surface area contributed by atoms with Gasteiger partial charge in [0, 0.05) is 37.0 Å². The van der Waals surface area contributed by atoms with Gasteiger partial charge in [-0.25, -0.2) is 18.1 Å². The van der Waals surface area contributed by atoms with Crippen LogP contribution in [0.3, 0.4) is 0 Å². The van der Waals surface area contributed by atoms with Crippen LogP contribution in [0.5, 0.6) is 0 Å². The largest absolute Gasteiger partial charge is 0.348 e. The fourth-order valence-corrected chi connectivity index (χ4v) is 2.82. The summed E-state index contributed by atoms with van der Waals surface area (Å²) in [6, 6.07) is 0. The number of hydrogen-bond acceptors (Lipinski definition) is 5. The summed E-state index contributed by atoms with van der Waals surface area (Å²) in [5.41, 5.74) is 1.49. The number of rotatable bonds is 7. The zero-order valence-corrected chi connectivity index (χ0v) is 11.3. The summed E-state index contributed by atoms with van der Waals surface area (Å²) in [5, 5.41) is 9.28. The smallest absolute Gasteiger partial charge is 0.257 e. The standard InChI is InChI=1S/C10H16N6O2S/c1-11-4-8-5-14-16-10(8)19(17,18)15-3-2-9-6-12-7-13-9/h5-7,11,15H,2-4H2,1H3,(H,12,13)(H,14,16). The van der Waals surface area contributed by atoms with Crippen LogP contribution in [0.1, 0.15) is 11.3 Å². The van der Waals surface area contributed by atoms with Crippen molar-refractivity contribution in [3.63, 3.8) is 0 Å². The van der Waals surface area contributed by atoms with Crippen molar-refractivity contribution in [2.75, 3.05) is 13.6 Å². The third-order valence-corrected chi connectivity index (χ3v) is 4.03. The maximum atomic E-state index is 12.1. The lowest BCUT2D eigenvalue weighted by molar-refractivity contribution is 0.575. The van der Waals surface area contributed by atoms with Crippen molar-refractivity contribution in [1.29, 1.82) is 0 Å². The Kier molecular flexibility index (Phi) is 4.30. The summed E-state index contributed by atoms with van der Waals surface area (Å²) >= 11 is 0. The predicted molar refractivity (Wildman–Crippen MR) is 68.8 cm³/mol. The van der Waals surface area contributed by atoms with Crippen LogP contribution < -0.4 is 10.0 Å². The molecule has 0 aliphatic rings. The molecule has 0 aliphatic heterocycles. The Balaban J connectivity index is 1.99. The molecule has 9 heteroatoms. The van der Waals surface area contributed by atoms with Crippen LogP contribution >= 0.6 is 0 Å². The summed E-state index contributed by atoms with van der Waals surface area (Å²) in [5.74, 6) is 0. The number of aromatic nitrogens is 4. The van der Waals surface area contributed by atoms with Crippen LogP contribution in [0.4, 0.5) is 0 Å². The number of nitrogens with zero attached hydrogens (tertiary/aromatic N) is 2. The Labute approximate surface area is 111 Å². The molecule has 8 nitrogen and oxygen atoms in total. The van der Waals surface area contributed by atoms with Crippen molar-refractivity contribution >= 4 is 10.0 Å². The van der Waals surface area contributed by atoms with E-state index in [-0.39, 0.29) is 5.03 Å². The van der Waals surface area contributed by atoms with E-state index in [1.807, 2.05) is 0 Å². The van der Waals surface area contributed by atoms with Gasteiger partial charge in [0.2, 0.25) is 0 Å². The van der Waals surface area contributed by atoms with Crippen LogP contribution in [0.2, 0.25) is 0 Å². The molecule has 0 aliphatic carbocycles. The van der Waals surface area contributed by atoms with Gasteiger partial charge in [-0.1, -0.05) is 0 Å². The first-order valence-corrected chi connectivity index (χ1v) is 7.25. The third kappa shape index (κ3) is 3.40. The molecular formula is C10H16N6O2S. The molecule has 4 N–H and O–H groups in total. The monoisotopic (exact) mass is 284 g/mol. The molecule has 0 spiro atoms. The van der Waals surface area contributed by atoms with Gasteiger partial charge in [0.05, 0.1) is 12.5 Å². The summed E-state index contributed by atoms with van der Waals surface area (Å²) < 4.78 is 26.7. The number of nitrogens with one attached hydrogen (secondary N) is 4. The molecule has 0 radical (unpaired) electrons. The summed E-state index contributed by atoms with van der Waals surface area (Å²) in [4.78, 5) is 6.78. The van der Waals surface area contributed by atoms with E-state index in [9.17, 15) is 8.42 Å². The topological polar surface area (TPSA) is 116 Å². The van der Waals surface area contributed by atoms with Crippen molar-refractivity contribution in [2.45, 2.75) is 18.0 Å². The SMILES string of the molecule is CNCc1cn[nH]c1S(=O)(=O)NCCc1cnc[nH]1. The Morgan fingerprint density at radius 2 is 2.21 bits per heavy atom. The van der Waals surface area contributed by atoms with Crippen molar-refractivity contribution in [3.05, 3.63) is 30.0 Å². The Morgan fingerprint density at radius 1 is 1.37 bits per heavy atom. The number of sulfonamides is 1. The van der Waals surface area contributed by atoms with E-state index >= 15 is 0 Å². The normalized spacial score (nSPS) is 11.8. The van der Waals surface area contributed by atoms with Gasteiger partial charge >= 0.3 is 0 Å². The quantitative estimate of drug-likeness (QED) is 0.540. The molecule has 0 atom stereocenters. The van der Waals surface area contributed by atoms with Crippen molar-refractivity contribution in [3.8, 4) is 0 Å². The van der Waals surface area contributed by atoms with Gasteiger partial charge in [0.15, 0.2) is 5.03 Å². The summed E-state index contributed by atoms with van der Waals surface area (Å²) in [6.07, 6.45) is 5.27. The Morgan fingerprint density at radius 3 is 2.89 bits per heavy atom. The molecule has 2 rings (SSSR count). The maximum absolute atomic E-state index is 12.1. The highest BCUT2D eigenvalue weighted by Gasteiger charge is 2.19. The number of imidazole rings is 1. The first-order valence-electron chi connectivity index (χ1n) is 5.77. The molecule has 0 bridgehead atoms. The minimum atomic E-state index is -3.57. The van der Waals surface area contributed by atoms with Crippen LogP contribution in [-0.2, 0) is 23.0 Å². The van der Waals surface area contributed by atoms with E-state index in [0.717, 1.165) is 5.69 Å². The minimum Gasteiger partial charge on any atom is -0.348 e. The molecule has 0 amide bonds. The average molecular weight is 284 g/mol. The lowest BCUT2D eigenvalue weighted by Crippen LogP contribution is -2.27. The molecule has 2 aromatic heterocycles. The van der Waals surface area contributed by atoms with E-state index in [1.54, 1.807) is 19.6 Å². The van der Waals surface area contributed by atoms with Gasteiger partial charge in [-0.05, 0) is 7.05 Å². The zero-order valence-electron chi connectivity index (χ0n) is 10.5. The predicted octanol–water partition coefficient (Wildman–Crippen LogP) is -0.627. The van der Waals surface area contributed by atoms with Crippen molar-refractivity contribution in [2.24, 2.45) is 0 Å².